The Kier molecular flexibility index (Phi) is 9.15. The molecule has 8 heteroatoms. The SMILES string of the molecule is CC.Cc1c(Oc2ccnc(NC(=O)C3=NCC=C3)c2)cccc1C(=O)NCc1ccc(Cl)cc1. The minimum atomic E-state index is -0.330. The number of hydrogen-bond acceptors (Lipinski definition) is 5. The predicted molar refractivity (Wildman–Crippen MR) is 140 cm³/mol. The fourth-order valence-corrected chi connectivity index (χ4v) is 3.34. The number of anilines is 1. The van der Waals surface area contributed by atoms with Crippen LogP contribution < -0.4 is 15.4 Å². The van der Waals surface area contributed by atoms with E-state index in [4.69, 9.17) is 16.3 Å². The molecule has 0 unspecified atom stereocenters. The van der Waals surface area contributed by atoms with Crippen molar-refractivity contribution in [1.82, 2.24) is 10.3 Å². The molecule has 2 heterocycles. The van der Waals surface area contributed by atoms with Crippen LogP contribution in [-0.4, -0.2) is 29.1 Å². The predicted octanol–water partition coefficient (Wildman–Crippen LogP) is 5.74. The van der Waals surface area contributed by atoms with Crippen molar-refractivity contribution in [2.45, 2.75) is 27.3 Å². The van der Waals surface area contributed by atoms with E-state index in [1.54, 1.807) is 48.5 Å². The Bertz CT molecular complexity index is 1250. The van der Waals surface area contributed by atoms with Crippen LogP contribution in [0.2, 0.25) is 5.02 Å². The standard InChI is InChI=1S/C25H21ClN4O3.C2H6/c1-16-20(24(31)29-15-17-7-9-18(26)10-8-17)4-2-6-22(16)33-19-11-13-28-23(14-19)30-25(32)21-5-3-12-27-21;1-2/h2-11,13-14H,12,15H2,1H3,(H,29,31)(H,28,30,32);1-2H3. The Morgan fingerprint density at radius 2 is 1.83 bits per heavy atom. The Balaban J connectivity index is 0.00000167. The van der Waals surface area contributed by atoms with E-state index >= 15 is 0 Å². The average Bonchev–Trinajstić information content (AvgIpc) is 3.42. The van der Waals surface area contributed by atoms with Gasteiger partial charge < -0.3 is 15.4 Å². The van der Waals surface area contributed by atoms with Gasteiger partial charge in [-0.2, -0.15) is 0 Å². The van der Waals surface area contributed by atoms with E-state index in [-0.39, 0.29) is 11.8 Å². The fourth-order valence-electron chi connectivity index (χ4n) is 3.22. The van der Waals surface area contributed by atoms with Crippen LogP contribution in [-0.2, 0) is 11.3 Å². The number of nitrogens with zero attached hydrogens (tertiary/aromatic N) is 2. The molecule has 0 saturated heterocycles. The van der Waals surface area contributed by atoms with Gasteiger partial charge in [0, 0.05) is 35.0 Å². The van der Waals surface area contributed by atoms with Gasteiger partial charge in [-0.3, -0.25) is 14.6 Å². The molecule has 0 radical (unpaired) electrons. The van der Waals surface area contributed by atoms with Gasteiger partial charge in [-0.05, 0) is 48.9 Å². The summed E-state index contributed by atoms with van der Waals surface area (Å²) in [7, 11) is 0. The Morgan fingerprint density at radius 3 is 2.54 bits per heavy atom. The number of carbonyl (C=O) groups excluding carboxylic acids is 2. The highest BCUT2D eigenvalue weighted by atomic mass is 35.5. The lowest BCUT2D eigenvalue weighted by molar-refractivity contribution is -0.110. The molecule has 3 aromatic rings. The molecule has 1 aromatic heterocycles. The summed E-state index contributed by atoms with van der Waals surface area (Å²) in [5.74, 6) is 0.812. The first-order valence-corrected chi connectivity index (χ1v) is 11.7. The highest BCUT2D eigenvalue weighted by Gasteiger charge is 2.15. The quantitative estimate of drug-likeness (QED) is 0.441. The second kappa shape index (κ2) is 12.5. The number of aliphatic imine (C=N–C) groups is 1. The van der Waals surface area contributed by atoms with Crippen LogP contribution in [0.5, 0.6) is 11.5 Å². The summed E-state index contributed by atoms with van der Waals surface area (Å²) in [6, 6.07) is 15.9. The molecule has 35 heavy (non-hydrogen) atoms. The van der Waals surface area contributed by atoms with Gasteiger partial charge in [-0.15, -0.1) is 0 Å². The minimum Gasteiger partial charge on any atom is -0.457 e. The number of amides is 2. The number of ether oxygens (including phenoxy) is 1. The summed E-state index contributed by atoms with van der Waals surface area (Å²) >= 11 is 5.91. The third kappa shape index (κ3) is 7.01. The second-order valence-electron chi connectivity index (χ2n) is 7.30. The second-order valence-corrected chi connectivity index (χ2v) is 7.74. The third-order valence-electron chi connectivity index (χ3n) is 4.97. The molecule has 180 valence electrons. The van der Waals surface area contributed by atoms with E-state index < -0.39 is 0 Å². The van der Waals surface area contributed by atoms with Crippen molar-refractivity contribution in [1.29, 1.82) is 0 Å². The first-order chi connectivity index (χ1) is 17.0. The summed E-state index contributed by atoms with van der Waals surface area (Å²) in [5, 5.41) is 6.26. The maximum absolute atomic E-state index is 12.7. The number of rotatable bonds is 7. The summed E-state index contributed by atoms with van der Waals surface area (Å²) < 4.78 is 5.99. The number of nitrogens with one attached hydrogen (secondary N) is 2. The van der Waals surface area contributed by atoms with Gasteiger partial charge in [0.1, 0.15) is 23.0 Å². The smallest absolute Gasteiger partial charge is 0.274 e. The van der Waals surface area contributed by atoms with E-state index in [2.05, 4.69) is 20.6 Å². The number of aromatic nitrogens is 1. The molecular weight excluding hydrogens is 464 g/mol. The molecule has 0 atom stereocenters. The van der Waals surface area contributed by atoms with Crippen molar-refractivity contribution in [2.75, 3.05) is 11.9 Å². The Morgan fingerprint density at radius 1 is 1.06 bits per heavy atom. The van der Waals surface area contributed by atoms with Crippen molar-refractivity contribution < 1.29 is 14.3 Å². The summed E-state index contributed by atoms with van der Waals surface area (Å²) in [5.41, 5.74) is 2.51. The normalized spacial score (nSPS) is 11.7. The summed E-state index contributed by atoms with van der Waals surface area (Å²) in [6.45, 7) is 6.71. The van der Waals surface area contributed by atoms with Gasteiger partial charge in [0.15, 0.2) is 0 Å². The lowest BCUT2D eigenvalue weighted by Crippen LogP contribution is -2.23. The van der Waals surface area contributed by atoms with Gasteiger partial charge in [0.25, 0.3) is 11.8 Å². The van der Waals surface area contributed by atoms with Crippen molar-refractivity contribution >= 4 is 34.9 Å². The third-order valence-corrected chi connectivity index (χ3v) is 5.22. The number of carbonyl (C=O) groups is 2. The Hall–Kier alpha value is -3.97. The van der Waals surface area contributed by atoms with E-state index in [0.29, 0.717) is 52.3 Å². The van der Waals surface area contributed by atoms with E-state index in [1.165, 1.54) is 6.20 Å². The van der Waals surface area contributed by atoms with Gasteiger partial charge in [0.05, 0.1) is 6.54 Å². The molecule has 4 rings (SSSR count). The minimum absolute atomic E-state index is 0.207. The van der Waals surface area contributed by atoms with Crippen molar-refractivity contribution in [3.05, 3.63) is 94.7 Å². The molecule has 0 saturated carbocycles. The van der Waals surface area contributed by atoms with Crippen molar-refractivity contribution in [3.63, 3.8) is 0 Å². The van der Waals surface area contributed by atoms with E-state index in [9.17, 15) is 9.59 Å². The van der Waals surface area contributed by atoms with Crippen molar-refractivity contribution in [2.24, 2.45) is 4.99 Å². The largest absolute Gasteiger partial charge is 0.457 e. The maximum Gasteiger partial charge on any atom is 0.274 e. The number of benzene rings is 2. The molecule has 0 bridgehead atoms. The molecule has 7 nitrogen and oxygen atoms in total. The van der Waals surface area contributed by atoms with Crippen LogP contribution in [0.15, 0.2) is 77.9 Å². The van der Waals surface area contributed by atoms with Crippen LogP contribution >= 0.6 is 11.6 Å². The van der Waals surface area contributed by atoms with Gasteiger partial charge in [-0.25, -0.2) is 4.98 Å². The van der Waals surface area contributed by atoms with Gasteiger partial charge in [0.2, 0.25) is 0 Å². The molecule has 0 fully saturated rings. The lowest BCUT2D eigenvalue weighted by Gasteiger charge is -2.13. The molecule has 2 amide bonds. The molecule has 1 aliphatic rings. The molecule has 1 aliphatic heterocycles. The first kappa shape index (κ1) is 25.6. The average molecular weight is 491 g/mol. The monoisotopic (exact) mass is 490 g/mol. The van der Waals surface area contributed by atoms with Gasteiger partial charge in [-0.1, -0.05) is 49.7 Å². The number of halogens is 1. The number of pyridine rings is 1. The highest BCUT2D eigenvalue weighted by Crippen LogP contribution is 2.28. The molecule has 0 spiro atoms. The maximum atomic E-state index is 12.7. The molecular formula is C27H27ClN4O3. The van der Waals surface area contributed by atoms with Crippen LogP contribution in [0.4, 0.5) is 5.82 Å². The lowest BCUT2D eigenvalue weighted by atomic mass is 10.1. The summed E-state index contributed by atoms with van der Waals surface area (Å²) in [4.78, 5) is 33.2. The van der Waals surface area contributed by atoms with Gasteiger partial charge >= 0.3 is 0 Å². The topological polar surface area (TPSA) is 92.7 Å². The number of hydrogen-bond donors (Lipinski definition) is 2. The first-order valence-electron chi connectivity index (χ1n) is 11.3. The Labute approximate surface area is 209 Å². The molecule has 2 aromatic carbocycles. The van der Waals surface area contributed by atoms with Crippen molar-refractivity contribution in [3.8, 4) is 11.5 Å². The zero-order valence-corrected chi connectivity index (χ0v) is 20.6. The summed E-state index contributed by atoms with van der Waals surface area (Å²) in [6.07, 6.45) is 5.01. The highest BCUT2D eigenvalue weighted by molar-refractivity contribution is 6.47. The fraction of sp³-hybridized carbons (Fsp3) is 0.185. The molecule has 2 N–H and O–H groups in total. The van der Waals surface area contributed by atoms with Crippen LogP contribution in [0.1, 0.15) is 35.3 Å². The van der Waals surface area contributed by atoms with Crippen LogP contribution in [0.3, 0.4) is 0 Å². The van der Waals surface area contributed by atoms with E-state index in [0.717, 1.165) is 5.56 Å². The van der Waals surface area contributed by atoms with Crippen LogP contribution in [0, 0.1) is 6.92 Å². The zero-order chi connectivity index (χ0) is 25.2. The van der Waals surface area contributed by atoms with Crippen LogP contribution in [0.25, 0.3) is 0 Å². The molecule has 0 aliphatic carbocycles. The van der Waals surface area contributed by atoms with E-state index in [1.807, 2.05) is 39.0 Å². The zero-order valence-electron chi connectivity index (χ0n) is 19.8.